The lowest BCUT2D eigenvalue weighted by Gasteiger charge is -2.40. The molecule has 0 bridgehead atoms. The standard InChI is InChI=1S/C25H32FN3O3/c26-20-11-13-22(14-12-20)29(21-8-4-3-5-9-21)23-15-18-28(19-16-23)25(32)27-17-7-2-1-6-10-24(30)31/h3-5,8-9,11-14,23H,1-2,6-7,10,15-19H2,(H,27,32)(H,30,31). The van der Waals surface area contributed by atoms with Crippen LogP contribution in [0.3, 0.4) is 0 Å². The average molecular weight is 442 g/mol. The second-order valence-corrected chi connectivity index (χ2v) is 8.19. The zero-order chi connectivity index (χ0) is 22.8. The van der Waals surface area contributed by atoms with Gasteiger partial charge in [-0.15, -0.1) is 0 Å². The molecule has 0 aromatic heterocycles. The van der Waals surface area contributed by atoms with Gasteiger partial charge in [0.1, 0.15) is 5.82 Å². The van der Waals surface area contributed by atoms with Gasteiger partial charge in [-0.1, -0.05) is 31.0 Å². The molecule has 1 heterocycles. The minimum Gasteiger partial charge on any atom is -0.481 e. The van der Waals surface area contributed by atoms with Gasteiger partial charge >= 0.3 is 12.0 Å². The number of nitrogens with zero attached hydrogens (tertiary/aromatic N) is 2. The number of amides is 2. The molecule has 3 rings (SSSR count). The minimum atomic E-state index is -0.757. The maximum atomic E-state index is 13.5. The number of carboxylic acids is 1. The highest BCUT2D eigenvalue weighted by Gasteiger charge is 2.28. The predicted molar refractivity (Wildman–Crippen MR) is 124 cm³/mol. The van der Waals surface area contributed by atoms with Crippen molar-refractivity contribution in [2.24, 2.45) is 0 Å². The molecule has 0 unspecified atom stereocenters. The van der Waals surface area contributed by atoms with Gasteiger partial charge in [0, 0.05) is 43.5 Å². The number of anilines is 2. The van der Waals surface area contributed by atoms with E-state index < -0.39 is 5.97 Å². The maximum Gasteiger partial charge on any atom is 0.317 e. The molecule has 0 saturated carbocycles. The van der Waals surface area contributed by atoms with E-state index in [1.165, 1.54) is 12.1 Å². The van der Waals surface area contributed by atoms with Crippen molar-refractivity contribution < 1.29 is 19.1 Å². The third-order valence-electron chi connectivity index (χ3n) is 5.85. The van der Waals surface area contributed by atoms with Crippen molar-refractivity contribution in [3.05, 3.63) is 60.4 Å². The second-order valence-electron chi connectivity index (χ2n) is 8.19. The van der Waals surface area contributed by atoms with Crippen molar-refractivity contribution in [2.45, 2.75) is 51.0 Å². The predicted octanol–water partition coefficient (Wildman–Crippen LogP) is 5.17. The Labute approximate surface area is 189 Å². The molecule has 32 heavy (non-hydrogen) atoms. The Morgan fingerprint density at radius 2 is 1.56 bits per heavy atom. The first kappa shape index (κ1) is 23.6. The van der Waals surface area contributed by atoms with Gasteiger partial charge in [-0.05, 0) is 62.1 Å². The van der Waals surface area contributed by atoms with E-state index >= 15 is 0 Å². The molecule has 1 saturated heterocycles. The number of halogens is 1. The number of aliphatic carboxylic acids is 1. The van der Waals surface area contributed by atoms with Crippen LogP contribution in [0.1, 0.15) is 44.9 Å². The third-order valence-corrected chi connectivity index (χ3v) is 5.85. The summed E-state index contributed by atoms with van der Waals surface area (Å²) < 4.78 is 13.5. The summed E-state index contributed by atoms with van der Waals surface area (Å²) in [6, 6.07) is 16.8. The largest absolute Gasteiger partial charge is 0.481 e. The fraction of sp³-hybridized carbons (Fsp3) is 0.440. The van der Waals surface area contributed by atoms with Gasteiger partial charge in [0.05, 0.1) is 0 Å². The number of hydrogen-bond acceptors (Lipinski definition) is 3. The number of likely N-dealkylation sites (tertiary alicyclic amines) is 1. The molecule has 2 amide bonds. The quantitative estimate of drug-likeness (QED) is 0.499. The van der Waals surface area contributed by atoms with Gasteiger partial charge in [-0.2, -0.15) is 0 Å². The topological polar surface area (TPSA) is 72.9 Å². The van der Waals surface area contributed by atoms with Crippen LogP contribution < -0.4 is 10.2 Å². The van der Waals surface area contributed by atoms with Gasteiger partial charge in [-0.25, -0.2) is 9.18 Å². The van der Waals surface area contributed by atoms with E-state index in [4.69, 9.17) is 5.11 Å². The molecule has 2 N–H and O–H groups in total. The summed E-state index contributed by atoms with van der Waals surface area (Å²) in [6.45, 7) is 1.94. The molecule has 2 aromatic rings. The first-order valence-corrected chi connectivity index (χ1v) is 11.4. The summed E-state index contributed by atoms with van der Waals surface area (Å²) in [5.74, 6) is -1.01. The minimum absolute atomic E-state index is 0.0398. The summed E-state index contributed by atoms with van der Waals surface area (Å²) in [5.41, 5.74) is 2.01. The molecule has 0 atom stereocenters. The van der Waals surface area contributed by atoms with E-state index in [9.17, 15) is 14.0 Å². The second kappa shape index (κ2) is 12.1. The summed E-state index contributed by atoms with van der Waals surface area (Å²) in [5, 5.41) is 11.6. The van der Waals surface area contributed by atoms with Gasteiger partial charge < -0.3 is 20.2 Å². The number of hydrogen-bond donors (Lipinski definition) is 2. The zero-order valence-electron chi connectivity index (χ0n) is 18.4. The SMILES string of the molecule is O=C(O)CCCCCCNC(=O)N1CCC(N(c2ccccc2)c2ccc(F)cc2)CC1. The molecular formula is C25H32FN3O3. The Bertz CT molecular complexity index is 852. The lowest BCUT2D eigenvalue weighted by atomic mass is 10.0. The van der Waals surface area contributed by atoms with Gasteiger partial charge in [0.2, 0.25) is 0 Å². The number of nitrogens with one attached hydrogen (secondary N) is 1. The van der Waals surface area contributed by atoms with Crippen LogP contribution in [0.2, 0.25) is 0 Å². The van der Waals surface area contributed by atoms with Crippen molar-refractivity contribution in [3.63, 3.8) is 0 Å². The van der Waals surface area contributed by atoms with Crippen LogP contribution in [0.5, 0.6) is 0 Å². The van der Waals surface area contributed by atoms with Crippen LogP contribution in [0.4, 0.5) is 20.6 Å². The van der Waals surface area contributed by atoms with Crippen LogP contribution >= 0.6 is 0 Å². The van der Waals surface area contributed by atoms with Crippen LogP contribution in [0, 0.1) is 5.82 Å². The van der Waals surface area contributed by atoms with Gasteiger partial charge in [0.25, 0.3) is 0 Å². The first-order chi connectivity index (χ1) is 15.5. The Morgan fingerprint density at radius 1 is 0.938 bits per heavy atom. The molecule has 0 spiro atoms. The molecule has 1 aliphatic heterocycles. The van der Waals surface area contributed by atoms with Gasteiger partial charge in [0.15, 0.2) is 0 Å². The summed E-state index contributed by atoms with van der Waals surface area (Å²) in [6.07, 6.45) is 5.19. The van der Waals surface area contributed by atoms with E-state index in [0.29, 0.717) is 26.1 Å². The maximum absolute atomic E-state index is 13.5. The van der Waals surface area contributed by atoms with Crippen LogP contribution in [-0.4, -0.2) is 47.7 Å². The molecule has 6 nitrogen and oxygen atoms in total. The van der Waals surface area contributed by atoms with Gasteiger partial charge in [-0.3, -0.25) is 4.79 Å². The van der Waals surface area contributed by atoms with E-state index in [-0.39, 0.29) is 24.3 Å². The Morgan fingerprint density at radius 3 is 2.22 bits per heavy atom. The summed E-state index contributed by atoms with van der Waals surface area (Å²) >= 11 is 0. The highest BCUT2D eigenvalue weighted by atomic mass is 19.1. The summed E-state index contributed by atoms with van der Waals surface area (Å²) in [4.78, 5) is 27.1. The van der Waals surface area contributed by atoms with Crippen molar-refractivity contribution in [2.75, 3.05) is 24.5 Å². The van der Waals surface area contributed by atoms with E-state index in [1.54, 1.807) is 12.1 Å². The van der Waals surface area contributed by atoms with Crippen LogP contribution in [0.25, 0.3) is 0 Å². The smallest absolute Gasteiger partial charge is 0.317 e. The molecule has 2 aromatic carbocycles. The highest BCUT2D eigenvalue weighted by molar-refractivity contribution is 5.74. The lowest BCUT2D eigenvalue weighted by Crippen LogP contribution is -2.48. The van der Waals surface area contributed by atoms with Crippen molar-refractivity contribution >= 4 is 23.4 Å². The molecule has 172 valence electrons. The highest BCUT2D eigenvalue weighted by Crippen LogP contribution is 2.32. The number of urea groups is 1. The average Bonchev–Trinajstić information content (AvgIpc) is 2.81. The third kappa shape index (κ3) is 6.97. The van der Waals surface area contributed by atoms with E-state index in [0.717, 1.165) is 43.5 Å². The Balaban J connectivity index is 1.49. The number of para-hydroxylation sites is 1. The monoisotopic (exact) mass is 441 g/mol. The number of carboxylic acid groups (broad SMARTS) is 1. The van der Waals surface area contributed by atoms with Crippen LogP contribution in [0.15, 0.2) is 54.6 Å². The molecule has 0 radical (unpaired) electrons. The lowest BCUT2D eigenvalue weighted by molar-refractivity contribution is -0.137. The fourth-order valence-corrected chi connectivity index (χ4v) is 4.15. The zero-order valence-corrected chi connectivity index (χ0v) is 18.4. The number of rotatable bonds is 10. The molecule has 1 aliphatic rings. The Kier molecular flexibility index (Phi) is 8.90. The number of carbonyl (C=O) groups is 2. The van der Waals surface area contributed by atoms with Crippen molar-refractivity contribution in [1.29, 1.82) is 0 Å². The fourth-order valence-electron chi connectivity index (χ4n) is 4.15. The van der Waals surface area contributed by atoms with E-state index in [1.807, 2.05) is 23.1 Å². The van der Waals surface area contributed by atoms with Crippen molar-refractivity contribution in [1.82, 2.24) is 10.2 Å². The normalized spacial score (nSPS) is 14.2. The number of carbonyl (C=O) groups excluding carboxylic acids is 1. The molecule has 1 fully saturated rings. The Hall–Kier alpha value is -3.09. The first-order valence-electron chi connectivity index (χ1n) is 11.4. The van der Waals surface area contributed by atoms with Crippen LogP contribution in [-0.2, 0) is 4.79 Å². The molecule has 0 aliphatic carbocycles. The number of unbranched alkanes of at least 4 members (excludes halogenated alkanes) is 3. The number of benzene rings is 2. The number of piperidine rings is 1. The molecule has 7 heteroatoms. The van der Waals surface area contributed by atoms with E-state index in [2.05, 4.69) is 22.3 Å². The molecular weight excluding hydrogens is 409 g/mol. The van der Waals surface area contributed by atoms with Crippen molar-refractivity contribution in [3.8, 4) is 0 Å². The summed E-state index contributed by atoms with van der Waals surface area (Å²) in [7, 11) is 0.